The molecule has 0 radical (unpaired) electrons. The molecule has 1 aliphatic rings. The largest absolute Gasteiger partial charge is 0.340 e. The Morgan fingerprint density at radius 3 is 2.84 bits per heavy atom. The lowest BCUT2D eigenvalue weighted by atomic mass is 10.0. The van der Waals surface area contributed by atoms with E-state index in [1.165, 1.54) is 18.4 Å². The van der Waals surface area contributed by atoms with E-state index in [9.17, 15) is 0 Å². The zero-order chi connectivity index (χ0) is 13.1. The van der Waals surface area contributed by atoms with E-state index < -0.39 is 0 Å². The van der Waals surface area contributed by atoms with Gasteiger partial charge in [-0.05, 0) is 24.9 Å². The smallest absolute Gasteiger partial charge is 0.223 e. The van der Waals surface area contributed by atoms with Crippen molar-refractivity contribution in [3.63, 3.8) is 0 Å². The van der Waals surface area contributed by atoms with Crippen LogP contribution in [0.15, 0.2) is 34.9 Å². The number of aryl methyl sites for hydroxylation is 1. The van der Waals surface area contributed by atoms with Gasteiger partial charge in [0.15, 0.2) is 5.82 Å². The number of likely N-dealkylation sites (tertiary alicyclic amines) is 1. The lowest BCUT2D eigenvalue weighted by molar-refractivity contribution is 0.131. The van der Waals surface area contributed by atoms with Crippen molar-refractivity contribution in [2.45, 2.75) is 38.8 Å². The Morgan fingerprint density at radius 2 is 2.11 bits per heavy atom. The Hall–Kier alpha value is -1.68. The number of benzene rings is 1. The fourth-order valence-corrected chi connectivity index (χ4v) is 2.74. The van der Waals surface area contributed by atoms with E-state index in [1.807, 2.05) is 6.92 Å². The first-order valence-corrected chi connectivity index (χ1v) is 6.91. The maximum Gasteiger partial charge on any atom is 0.223 e. The molecule has 0 amide bonds. The Kier molecular flexibility index (Phi) is 3.60. The molecule has 100 valence electrons. The van der Waals surface area contributed by atoms with E-state index in [0.29, 0.717) is 11.9 Å². The van der Waals surface area contributed by atoms with Gasteiger partial charge in [-0.15, -0.1) is 0 Å². The van der Waals surface area contributed by atoms with Crippen LogP contribution < -0.4 is 0 Å². The van der Waals surface area contributed by atoms with Crippen molar-refractivity contribution in [1.29, 1.82) is 0 Å². The Labute approximate surface area is 113 Å². The summed E-state index contributed by atoms with van der Waals surface area (Å²) in [6.07, 6.45) is 3.61. The van der Waals surface area contributed by atoms with Crippen LogP contribution in [0.3, 0.4) is 0 Å². The summed E-state index contributed by atoms with van der Waals surface area (Å²) >= 11 is 0. The molecule has 0 unspecified atom stereocenters. The van der Waals surface area contributed by atoms with Gasteiger partial charge < -0.3 is 4.52 Å². The first-order chi connectivity index (χ1) is 9.33. The third-order valence-corrected chi connectivity index (χ3v) is 3.68. The average Bonchev–Trinajstić information content (AvgIpc) is 2.87. The molecule has 4 heteroatoms. The van der Waals surface area contributed by atoms with Crippen molar-refractivity contribution in [3.8, 4) is 0 Å². The number of aromatic nitrogens is 2. The van der Waals surface area contributed by atoms with Crippen LogP contribution in [-0.4, -0.2) is 21.6 Å². The predicted octanol–water partition coefficient (Wildman–Crippen LogP) is 3.11. The summed E-state index contributed by atoms with van der Waals surface area (Å²) in [5, 5.41) is 4.10. The average molecular weight is 257 g/mol. The van der Waals surface area contributed by atoms with E-state index >= 15 is 0 Å². The van der Waals surface area contributed by atoms with Crippen LogP contribution in [0, 0.1) is 6.92 Å². The maximum absolute atomic E-state index is 5.13. The Morgan fingerprint density at radius 1 is 1.26 bits per heavy atom. The van der Waals surface area contributed by atoms with E-state index in [4.69, 9.17) is 4.52 Å². The van der Waals surface area contributed by atoms with Gasteiger partial charge in [0.1, 0.15) is 0 Å². The predicted molar refractivity (Wildman–Crippen MR) is 72.5 cm³/mol. The minimum atomic E-state index is 0.298. The van der Waals surface area contributed by atoms with Crippen LogP contribution in [-0.2, 0) is 6.54 Å². The highest BCUT2D eigenvalue weighted by atomic mass is 16.5. The van der Waals surface area contributed by atoms with E-state index in [2.05, 4.69) is 45.4 Å². The van der Waals surface area contributed by atoms with E-state index in [-0.39, 0.29) is 0 Å². The van der Waals surface area contributed by atoms with Gasteiger partial charge in [-0.3, -0.25) is 4.90 Å². The fourth-order valence-electron chi connectivity index (χ4n) is 2.74. The lowest BCUT2D eigenvalue weighted by Crippen LogP contribution is -2.33. The standard InChI is InChI=1S/C15H19N3O/c1-12-16-15(17-19-12)14-9-5-6-10-18(14)11-13-7-3-2-4-8-13/h2-4,7-8,14H,5-6,9-11H2,1H3/t14-/m1/s1. The van der Waals surface area contributed by atoms with Gasteiger partial charge in [0.25, 0.3) is 0 Å². The molecule has 4 nitrogen and oxygen atoms in total. The number of hydrogen-bond acceptors (Lipinski definition) is 4. The van der Waals surface area contributed by atoms with Gasteiger partial charge in [-0.2, -0.15) is 4.98 Å². The Balaban J connectivity index is 1.77. The fraction of sp³-hybridized carbons (Fsp3) is 0.467. The molecule has 0 aliphatic carbocycles. The molecule has 2 aromatic rings. The molecule has 3 rings (SSSR count). The quantitative estimate of drug-likeness (QED) is 0.847. The van der Waals surface area contributed by atoms with Crippen LogP contribution in [0.25, 0.3) is 0 Å². The van der Waals surface area contributed by atoms with Crippen molar-refractivity contribution < 1.29 is 4.52 Å². The second-order valence-electron chi connectivity index (χ2n) is 5.14. The highest BCUT2D eigenvalue weighted by molar-refractivity contribution is 5.15. The minimum Gasteiger partial charge on any atom is -0.340 e. The number of nitrogens with zero attached hydrogens (tertiary/aromatic N) is 3. The van der Waals surface area contributed by atoms with Gasteiger partial charge in [0.05, 0.1) is 6.04 Å². The molecule has 19 heavy (non-hydrogen) atoms. The zero-order valence-electron chi connectivity index (χ0n) is 11.2. The van der Waals surface area contributed by atoms with Gasteiger partial charge >= 0.3 is 0 Å². The molecule has 0 saturated carbocycles. The second kappa shape index (κ2) is 5.53. The van der Waals surface area contributed by atoms with Crippen LogP contribution in [0.4, 0.5) is 0 Å². The van der Waals surface area contributed by atoms with Crippen molar-refractivity contribution >= 4 is 0 Å². The molecule has 1 aromatic carbocycles. The molecule has 0 N–H and O–H groups in total. The third kappa shape index (κ3) is 2.84. The molecule has 1 aliphatic heterocycles. The molecule has 0 bridgehead atoms. The molecular weight excluding hydrogens is 238 g/mol. The summed E-state index contributed by atoms with van der Waals surface area (Å²) in [6, 6.07) is 10.9. The van der Waals surface area contributed by atoms with Gasteiger partial charge in [-0.25, -0.2) is 0 Å². The lowest BCUT2D eigenvalue weighted by Gasteiger charge is -2.33. The maximum atomic E-state index is 5.13. The zero-order valence-corrected chi connectivity index (χ0v) is 11.2. The molecular formula is C15H19N3O. The van der Waals surface area contributed by atoms with Crippen LogP contribution in [0.2, 0.25) is 0 Å². The van der Waals surface area contributed by atoms with Crippen molar-refractivity contribution in [1.82, 2.24) is 15.0 Å². The topological polar surface area (TPSA) is 42.2 Å². The van der Waals surface area contributed by atoms with Crippen molar-refractivity contribution in [3.05, 3.63) is 47.6 Å². The molecule has 1 atom stereocenters. The van der Waals surface area contributed by atoms with Crippen LogP contribution >= 0.6 is 0 Å². The summed E-state index contributed by atoms with van der Waals surface area (Å²) in [4.78, 5) is 6.87. The van der Waals surface area contributed by atoms with Crippen molar-refractivity contribution in [2.75, 3.05) is 6.54 Å². The first kappa shape index (κ1) is 12.4. The number of piperidine rings is 1. The minimum absolute atomic E-state index is 0.298. The van der Waals surface area contributed by atoms with E-state index in [0.717, 1.165) is 25.3 Å². The summed E-state index contributed by atoms with van der Waals surface area (Å²) in [6.45, 7) is 3.91. The summed E-state index contributed by atoms with van der Waals surface area (Å²) in [5.74, 6) is 1.49. The summed E-state index contributed by atoms with van der Waals surface area (Å²) in [5.41, 5.74) is 1.34. The molecule has 0 spiro atoms. The van der Waals surface area contributed by atoms with Crippen LogP contribution in [0.1, 0.15) is 42.6 Å². The Bertz CT molecular complexity index is 523. The molecule has 2 heterocycles. The highest BCUT2D eigenvalue weighted by Gasteiger charge is 2.27. The number of hydrogen-bond donors (Lipinski definition) is 0. The monoisotopic (exact) mass is 257 g/mol. The van der Waals surface area contributed by atoms with Gasteiger partial charge in [0.2, 0.25) is 5.89 Å². The van der Waals surface area contributed by atoms with Crippen molar-refractivity contribution in [2.24, 2.45) is 0 Å². The summed E-state index contributed by atoms with van der Waals surface area (Å²) < 4.78 is 5.13. The molecule has 1 aromatic heterocycles. The SMILES string of the molecule is Cc1nc([C@H]2CCCCN2Cc2ccccc2)no1. The number of rotatable bonds is 3. The van der Waals surface area contributed by atoms with Crippen LogP contribution in [0.5, 0.6) is 0 Å². The van der Waals surface area contributed by atoms with Gasteiger partial charge in [-0.1, -0.05) is 41.9 Å². The summed E-state index contributed by atoms with van der Waals surface area (Å²) in [7, 11) is 0. The second-order valence-corrected chi connectivity index (χ2v) is 5.14. The molecule has 1 fully saturated rings. The highest BCUT2D eigenvalue weighted by Crippen LogP contribution is 2.30. The van der Waals surface area contributed by atoms with E-state index in [1.54, 1.807) is 0 Å². The normalized spacial score (nSPS) is 20.6. The first-order valence-electron chi connectivity index (χ1n) is 6.91. The third-order valence-electron chi connectivity index (χ3n) is 3.68. The molecule has 1 saturated heterocycles. The van der Waals surface area contributed by atoms with Gasteiger partial charge in [0, 0.05) is 13.5 Å².